The van der Waals surface area contributed by atoms with Crippen molar-refractivity contribution in [3.8, 4) is 0 Å². The normalized spacial score (nSPS) is 21.3. The zero-order valence-electron chi connectivity index (χ0n) is 15.8. The van der Waals surface area contributed by atoms with Crippen LogP contribution in [-0.4, -0.2) is 107 Å². The molecule has 12 nitrogen and oxygen atoms in total. The van der Waals surface area contributed by atoms with E-state index in [4.69, 9.17) is 14.4 Å². The molecule has 13 heteroatoms. The molecule has 0 spiro atoms. The first-order valence-corrected chi connectivity index (χ1v) is 9.76. The molecule has 164 valence electrons. The van der Waals surface area contributed by atoms with Crippen LogP contribution in [-0.2, 0) is 23.1 Å². The molecule has 0 heterocycles. The summed E-state index contributed by atoms with van der Waals surface area (Å²) in [5.41, 5.74) is 0. The van der Waals surface area contributed by atoms with Gasteiger partial charge in [-0.2, -0.15) is 0 Å². The van der Waals surface area contributed by atoms with Gasteiger partial charge >= 0.3 is 7.82 Å². The standard InChI is InChI=1S/C14H32NO11P/c1-8(2)26-13(11(6-16)23-3)14(20)15-5-9(17)12(19)10(18)7-25-27(21,22)24-4/h8-20H,5-7H2,1-4H3,(H,21,22). The lowest BCUT2D eigenvalue weighted by Crippen LogP contribution is -2.54. The predicted molar refractivity (Wildman–Crippen MR) is 92.7 cm³/mol. The number of aliphatic hydroxyl groups is 5. The molecule has 0 radical (unpaired) electrons. The third kappa shape index (κ3) is 10.2. The van der Waals surface area contributed by atoms with Crippen LogP contribution in [0.4, 0.5) is 0 Å². The summed E-state index contributed by atoms with van der Waals surface area (Å²) in [5, 5.41) is 51.5. The number of ether oxygens (including phenoxy) is 2. The SMILES string of the molecule is COC(CO)C(OC(C)C)C(O)NCC(O)C(O)C(O)COP(=O)(O)OC. The van der Waals surface area contributed by atoms with Crippen LogP contribution in [0.15, 0.2) is 0 Å². The van der Waals surface area contributed by atoms with Crippen LogP contribution >= 0.6 is 7.82 Å². The molecular weight excluding hydrogens is 389 g/mol. The second-order valence-corrected chi connectivity index (χ2v) is 7.59. The van der Waals surface area contributed by atoms with Gasteiger partial charge in [-0.25, -0.2) is 4.57 Å². The summed E-state index contributed by atoms with van der Waals surface area (Å²) in [5.74, 6) is 0. The largest absolute Gasteiger partial charge is 0.472 e. The van der Waals surface area contributed by atoms with E-state index in [2.05, 4.69) is 14.4 Å². The van der Waals surface area contributed by atoms with E-state index in [1.54, 1.807) is 13.8 Å². The van der Waals surface area contributed by atoms with Gasteiger partial charge in [0.05, 0.1) is 25.4 Å². The minimum absolute atomic E-state index is 0.292. The average molecular weight is 421 g/mol. The van der Waals surface area contributed by atoms with Gasteiger partial charge < -0.3 is 39.9 Å². The Bertz CT molecular complexity index is 437. The molecule has 7 atom stereocenters. The molecule has 0 rings (SSSR count). The average Bonchev–Trinajstić information content (AvgIpc) is 2.63. The fourth-order valence-corrected chi connectivity index (χ4v) is 2.50. The van der Waals surface area contributed by atoms with Crippen LogP contribution in [0, 0.1) is 0 Å². The van der Waals surface area contributed by atoms with E-state index in [0.29, 0.717) is 0 Å². The van der Waals surface area contributed by atoms with Crippen LogP contribution in [0.25, 0.3) is 0 Å². The Morgan fingerprint density at radius 2 is 1.67 bits per heavy atom. The fraction of sp³-hybridized carbons (Fsp3) is 1.00. The molecule has 0 aromatic rings. The predicted octanol–water partition coefficient (Wildman–Crippen LogP) is -2.46. The highest BCUT2D eigenvalue weighted by molar-refractivity contribution is 7.47. The molecule has 0 aromatic carbocycles. The van der Waals surface area contributed by atoms with Gasteiger partial charge in [-0.3, -0.25) is 14.4 Å². The van der Waals surface area contributed by atoms with Gasteiger partial charge in [0, 0.05) is 20.8 Å². The fourth-order valence-electron chi connectivity index (χ4n) is 2.05. The Kier molecular flexibility index (Phi) is 13.0. The van der Waals surface area contributed by atoms with Gasteiger partial charge in [-0.05, 0) is 13.8 Å². The molecule has 0 fully saturated rings. The Hall–Kier alpha value is -0.210. The molecule has 0 aromatic heterocycles. The van der Waals surface area contributed by atoms with E-state index in [0.717, 1.165) is 7.11 Å². The summed E-state index contributed by atoms with van der Waals surface area (Å²) in [6, 6.07) is 0. The van der Waals surface area contributed by atoms with Crippen LogP contribution in [0.2, 0.25) is 0 Å². The third-order valence-corrected chi connectivity index (χ3v) is 4.49. The number of hydrogen-bond acceptors (Lipinski definition) is 11. The lowest BCUT2D eigenvalue weighted by atomic mass is 10.1. The van der Waals surface area contributed by atoms with Crippen molar-refractivity contribution >= 4 is 7.82 Å². The quantitative estimate of drug-likeness (QED) is 0.109. The van der Waals surface area contributed by atoms with E-state index >= 15 is 0 Å². The second kappa shape index (κ2) is 13.1. The van der Waals surface area contributed by atoms with Gasteiger partial charge in [0.1, 0.15) is 30.6 Å². The van der Waals surface area contributed by atoms with Crippen molar-refractivity contribution in [2.75, 3.05) is 34.0 Å². The number of aliphatic hydroxyl groups excluding tert-OH is 5. The molecule has 0 aliphatic rings. The van der Waals surface area contributed by atoms with E-state index in [1.165, 1.54) is 7.11 Å². The van der Waals surface area contributed by atoms with E-state index in [1.807, 2.05) is 0 Å². The summed E-state index contributed by atoms with van der Waals surface area (Å²) in [4.78, 5) is 9.06. The smallest absolute Gasteiger partial charge is 0.394 e. The van der Waals surface area contributed by atoms with Crippen molar-refractivity contribution in [1.82, 2.24) is 5.32 Å². The number of nitrogens with one attached hydrogen (secondary N) is 1. The van der Waals surface area contributed by atoms with E-state index < -0.39 is 57.8 Å². The summed E-state index contributed by atoms with van der Waals surface area (Å²) in [6.07, 6.45) is -8.48. The molecule has 0 amide bonds. The highest BCUT2D eigenvalue weighted by Crippen LogP contribution is 2.41. The number of rotatable bonds is 15. The maximum Gasteiger partial charge on any atom is 0.472 e. The number of phosphoric acid groups is 1. The third-order valence-electron chi connectivity index (χ3n) is 3.55. The molecule has 27 heavy (non-hydrogen) atoms. The maximum atomic E-state index is 11.1. The monoisotopic (exact) mass is 421 g/mol. The second-order valence-electron chi connectivity index (χ2n) is 6.03. The van der Waals surface area contributed by atoms with Crippen LogP contribution < -0.4 is 5.32 Å². The lowest BCUT2D eigenvalue weighted by molar-refractivity contribution is -0.151. The molecule has 0 bridgehead atoms. The number of methoxy groups -OCH3 is 1. The molecule has 0 saturated carbocycles. The van der Waals surface area contributed by atoms with Gasteiger partial charge in [0.2, 0.25) is 0 Å². The Balaban J connectivity index is 4.65. The topological polar surface area (TPSA) is 187 Å². The summed E-state index contributed by atoms with van der Waals surface area (Å²) >= 11 is 0. The number of hydrogen-bond donors (Lipinski definition) is 7. The van der Waals surface area contributed by atoms with Gasteiger partial charge in [-0.15, -0.1) is 0 Å². The summed E-state index contributed by atoms with van der Waals surface area (Å²) in [6.45, 7) is 1.88. The van der Waals surface area contributed by atoms with Crippen molar-refractivity contribution < 1.29 is 53.5 Å². The van der Waals surface area contributed by atoms with Gasteiger partial charge in [0.25, 0.3) is 0 Å². The summed E-state index contributed by atoms with van der Waals surface area (Å²) < 4.78 is 30.3. The molecular formula is C14H32NO11P. The minimum Gasteiger partial charge on any atom is -0.394 e. The van der Waals surface area contributed by atoms with Gasteiger partial charge in [0.15, 0.2) is 0 Å². The van der Waals surface area contributed by atoms with Crippen LogP contribution in [0.1, 0.15) is 13.8 Å². The Morgan fingerprint density at radius 1 is 1.07 bits per heavy atom. The number of phosphoric ester groups is 1. The first kappa shape index (κ1) is 26.8. The molecule has 0 saturated heterocycles. The van der Waals surface area contributed by atoms with Crippen LogP contribution in [0.5, 0.6) is 0 Å². The van der Waals surface area contributed by atoms with Crippen molar-refractivity contribution in [3.05, 3.63) is 0 Å². The summed E-state index contributed by atoms with van der Waals surface area (Å²) in [7, 11) is -2.07. The minimum atomic E-state index is -4.34. The highest BCUT2D eigenvalue weighted by atomic mass is 31.2. The van der Waals surface area contributed by atoms with Crippen LogP contribution in [0.3, 0.4) is 0 Å². The first-order valence-electron chi connectivity index (χ1n) is 8.26. The van der Waals surface area contributed by atoms with Crippen molar-refractivity contribution in [3.63, 3.8) is 0 Å². The maximum absolute atomic E-state index is 11.1. The van der Waals surface area contributed by atoms with E-state index in [9.17, 15) is 30.1 Å². The molecule has 7 N–H and O–H groups in total. The molecule has 0 aliphatic carbocycles. The van der Waals surface area contributed by atoms with Gasteiger partial charge in [-0.1, -0.05) is 0 Å². The van der Waals surface area contributed by atoms with Crippen molar-refractivity contribution in [1.29, 1.82) is 0 Å². The van der Waals surface area contributed by atoms with Crippen molar-refractivity contribution in [2.24, 2.45) is 0 Å². The molecule has 7 unspecified atom stereocenters. The van der Waals surface area contributed by atoms with Crippen molar-refractivity contribution in [2.45, 2.75) is 56.7 Å². The Labute approximate surface area is 158 Å². The zero-order chi connectivity index (χ0) is 21.2. The van der Waals surface area contributed by atoms with E-state index in [-0.39, 0.29) is 12.6 Å². The first-order chi connectivity index (χ1) is 12.5. The lowest BCUT2D eigenvalue weighted by Gasteiger charge is -2.32. The zero-order valence-corrected chi connectivity index (χ0v) is 16.7. The highest BCUT2D eigenvalue weighted by Gasteiger charge is 2.32. The molecule has 0 aliphatic heterocycles. The Morgan fingerprint density at radius 3 is 2.11 bits per heavy atom.